The van der Waals surface area contributed by atoms with Crippen LogP contribution in [0.3, 0.4) is 0 Å². The van der Waals surface area contributed by atoms with Crippen molar-refractivity contribution in [2.45, 2.75) is 20.0 Å². The van der Waals surface area contributed by atoms with Gasteiger partial charge in [-0.2, -0.15) is 5.10 Å². The monoisotopic (exact) mass is 339 g/mol. The molecule has 0 spiro atoms. The fourth-order valence-electron chi connectivity index (χ4n) is 1.89. The molecule has 0 aliphatic heterocycles. The van der Waals surface area contributed by atoms with E-state index in [1.54, 1.807) is 25.3 Å². The summed E-state index contributed by atoms with van der Waals surface area (Å²) in [6.07, 6.45) is 0.871. The second-order valence-corrected chi connectivity index (χ2v) is 5.17. The lowest BCUT2D eigenvalue weighted by molar-refractivity contribution is 0.293. The average molecular weight is 340 g/mol. The van der Waals surface area contributed by atoms with E-state index >= 15 is 0 Å². The van der Waals surface area contributed by atoms with Gasteiger partial charge in [0.05, 0.1) is 28.7 Å². The molecular formula is C14H18BrN3O2. The molecular weight excluding hydrogens is 322 g/mol. The van der Waals surface area contributed by atoms with E-state index in [-0.39, 0.29) is 0 Å². The number of hydrogen-bond acceptors (Lipinski definition) is 4. The number of nitrogens with two attached hydrogens (primary N) is 1. The summed E-state index contributed by atoms with van der Waals surface area (Å²) in [5, 5.41) is 4.43. The second-order valence-electron chi connectivity index (χ2n) is 4.38. The van der Waals surface area contributed by atoms with Gasteiger partial charge in [-0.25, -0.2) is 0 Å². The summed E-state index contributed by atoms with van der Waals surface area (Å²) in [5.74, 6) is 1.32. The van der Waals surface area contributed by atoms with Crippen molar-refractivity contribution in [1.29, 1.82) is 0 Å². The number of anilines is 1. The molecule has 108 valence electrons. The number of nitrogens with zero attached hydrogens (tertiary/aromatic N) is 2. The smallest absolute Gasteiger partial charge is 0.146 e. The van der Waals surface area contributed by atoms with Crippen LogP contribution in [-0.2, 0) is 20.1 Å². The van der Waals surface area contributed by atoms with Gasteiger partial charge in [-0.1, -0.05) is 6.92 Å². The first-order valence-electron chi connectivity index (χ1n) is 6.33. The molecule has 2 aromatic rings. The van der Waals surface area contributed by atoms with E-state index in [9.17, 15) is 0 Å². The van der Waals surface area contributed by atoms with E-state index in [2.05, 4.69) is 28.0 Å². The minimum absolute atomic E-state index is 0.390. The third kappa shape index (κ3) is 2.90. The van der Waals surface area contributed by atoms with Crippen molar-refractivity contribution in [3.63, 3.8) is 0 Å². The Hall–Kier alpha value is -1.69. The van der Waals surface area contributed by atoms with Crippen molar-refractivity contribution in [3.8, 4) is 11.5 Å². The number of rotatable bonds is 5. The Morgan fingerprint density at radius 2 is 2.15 bits per heavy atom. The number of hydrogen-bond donors (Lipinski definition) is 1. The summed E-state index contributed by atoms with van der Waals surface area (Å²) in [6, 6.07) is 5.35. The molecule has 1 aromatic heterocycles. The highest BCUT2D eigenvalue weighted by atomic mass is 79.9. The van der Waals surface area contributed by atoms with Gasteiger partial charge in [-0.15, -0.1) is 0 Å². The molecule has 0 unspecified atom stereocenters. The third-order valence-electron chi connectivity index (χ3n) is 3.09. The summed E-state index contributed by atoms with van der Waals surface area (Å²) >= 11 is 3.56. The molecule has 6 heteroatoms. The molecule has 0 saturated heterocycles. The van der Waals surface area contributed by atoms with Crippen LogP contribution in [0.2, 0.25) is 0 Å². The minimum atomic E-state index is 0.390. The van der Waals surface area contributed by atoms with Crippen LogP contribution in [0.1, 0.15) is 18.3 Å². The molecule has 0 radical (unpaired) electrons. The van der Waals surface area contributed by atoms with Gasteiger partial charge < -0.3 is 15.2 Å². The van der Waals surface area contributed by atoms with Crippen LogP contribution >= 0.6 is 15.9 Å². The summed E-state index contributed by atoms with van der Waals surface area (Å²) in [7, 11) is 3.51. The van der Waals surface area contributed by atoms with Crippen molar-refractivity contribution in [1.82, 2.24) is 9.78 Å². The van der Waals surface area contributed by atoms with Crippen molar-refractivity contribution in [2.24, 2.45) is 7.05 Å². The molecule has 0 bridgehead atoms. The van der Waals surface area contributed by atoms with Gasteiger partial charge in [-0.3, -0.25) is 4.68 Å². The first kappa shape index (κ1) is 14.7. The molecule has 5 nitrogen and oxygen atoms in total. The van der Waals surface area contributed by atoms with Crippen LogP contribution in [-0.4, -0.2) is 16.9 Å². The number of methoxy groups -OCH3 is 1. The van der Waals surface area contributed by atoms with Crippen molar-refractivity contribution in [3.05, 3.63) is 34.1 Å². The lowest BCUT2D eigenvalue weighted by Crippen LogP contribution is -2.05. The Labute approximate surface area is 126 Å². The highest BCUT2D eigenvalue weighted by molar-refractivity contribution is 9.10. The molecule has 2 rings (SSSR count). The molecule has 0 fully saturated rings. The van der Waals surface area contributed by atoms with Crippen molar-refractivity contribution < 1.29 is 9.47 Å². The van der Waals surface area contributed by atoms with Gasteiger partial charge in [0.2, 0.25) is 0 Å². The largest absolute Gasteiger partial charge is 0.497 e. The first-order chi connectivity index (χ1) is 9.56. The van der Waals surface area contributed by atoms with E-state index in [1.807, 2.05) is 11.7 Å². The number of aryl methyl sites for hydroxylation is 2. The predicted octanol–water partition coefficient (Wildman–Crippen LogP) is 2.91. The predicted molar refractivity (Wildman–Crippen MR) is 82.0 cm³/mol. The van der Waals surface area contributed by atoms with Gasteiger partial charge in [0.15, 0.2) is 0 Å². The van der Waals surface area contributed by atoms with Gasteiger partial charge in [0.25, 0.3) is 0 Å². The Kier molecular flexibility index (Phi) is 4.54. The van der Waals surface area contributed by atoms with Gasteiger partial charge in [0, 0.05) is 13.1 Å². The van der Waals surface area contributed by atoms with Crippen LogP contribution < -0.4 is 15.2 Å². The zero-order chi connectivity index (χ0) is 14.7. The van der Waals surface area contributed by atoms with Crippen LogP contribution in [0.15, 0.2) is 22.7 Å². The summed E-state index contributed by atoms with van der Waals surface area (Å²) in [6.45, 7) is 2.46. The maximum absolute atomic E-state index is 5.90. The maximum Gasteiger partial charge on any atom is 0.146 e. The number of nitrogen functional groups attached to an aromatic ring is 1. The summed E-state index contributed by atoms with van der Waals surface area (Å²) < 4.78 is 13.8. The van der Waals surface area contributed by atoms with Crippen LogP contribution in [0.4, 0.5) is 5.69 Å². The van der Waals surface area contributed by atoms with Crippen LogP contribution in [0.5, 0.6) is 11.5 Å². The number of aromatic nitrogens is 2. The highest BCUT2D eigenvalue weighted by Crippen LogP contribution is 2.29. The fraction of sp³-hybridized carbons (Fsp3) is 0.357. The Balaban J connectivity index is 2.18. The Bertz CT molecular complexity index is 611. The summed E-state index contributed by atoms with van der Waals surface area (Å²) in [5.41, 5.74) is 8.48. The average Bonchev–Trinajstić information content (AvgIpc) is 2.73. The van der Waals surface area contributed by atoms with Gasteiger partial charge in [0.1, 0.15) is 18.1 Å². The molecule has 0 atom stereocenters. The topological polar surface area (TPSA) is 62.3 Å². The zero-order valence-electron chi connectivity index (χ0n) is 11.8. The molecule has 0 saturated carbocycles. The third-order valence-corrected chi connectivity index (χ3v) is 4.00. The number of halogens is 1. The lowest BCUT2D eigenvalue weighted by atomic mass is 10.3. The lowest BCUT2D eigenvalue weighted by Gasteiger charge is -2.11. The molecule has 0 aliphatic carbocycles. The standard InChI is InChI=1S/C14H18BrN3O2/c1-4-11-14(15)12(18(2)17-11)8-20-13-7-9(19-3)5-6-10(13)16/h5-7H,4,8,16H2,1-3H3. The number of ether oxygens (including phenoxy) is 2. The van der Waals surface area contributed by atoms with E-state index < -0.39 is 0 Å². The van der Waals surface area contributed by atoms with Gasteiger partial charge in [-0.05, 0) is 34.5 Å². The first-order valence-corrected chi connectivity index (χ1v) is 7.12. The molecule has 0 aliphatic rings. The van der Waals surface area contributed by atoms with Gasteiger partial charge >= 0.3 is 0 Å². The second kappa shape index (κ2) is 6.17. The summed E-state index contributed by atoms with van der Waals surface area (Å²) in [4.78, 5) is 0. The zero-order valence-corrected chi connectivity index (χ0v) is 13.4. The highest BCUT2D eigenvalue weighted by Gasteiger charge is 2.13. The quantitative estimate of drug-likeness (QED) is 0.850. The molecule has 1 heterocycles. The fourth-order valence-corrected chi connectivity index (χ4v) is 2.62. The van der Waals surface area contributed by atoms with E-state index in [1.165, 1.54) is 0 Å². The number of benzene rings is 1. The van der Waals surface area contributed by atoms with Crippen LogP contribution in [0.25, 0.3) is 0 Å². The van der Waals surface area contributed by atoms with E-state index in [0.29, 0.717) is 23.8 Å². The minimum Gasteiger partial charge on any atom is -0.497 e. The van der Waals surface area contributed by atoms with E-state index in [4.69, 9.17) is 15.2 Å². The van der Waals surface area contributed by atoms with E-state index in [0.717, 1.165) is 22.3 Å². The van der Waals surface area contributed by atoms with Crippen molar-refractivity contribution >= 4 is 21.6 Å². The van der Waals surface area contributed by atoms with Crippen molar-refractivity contribution in [2.75, 3.05) is 12.8 Å². The maximum atomic E-state index is 5.90. The SMILES string of the molecule is CCc1nn(C)c(COc2cc(OC)ccc2N)c1Br. The van der Waals surface area contributed by atoms with Crippen LogP contribution in [0, 0.1) is 0 Å². The molecule has 2 N–H and O–H groups in total. The molecule has 0 amide bonds. The molecule has 1 aromatic carbocycles. The Morgan fingerprint density at radius 1 is 1.40 bits per heavy atom. The Morgan fingerprint density at radius 3 is 2.75 bits per heavy atom. The normalized spacial score (nSPS) is 10.6. The molecule has 20 heavy (non-hydrogen) atoms.